The van der Waals surface area contributed by atoms with E-state index in [1.54, 1.807) is 12.1 Å². The Morgan fingerprint density at radius 2 is 1.45 bits per heavy atom. The normalized spacial score (nSPS) is 10.4. The third kappa shape index (κ3) is 5.62. The van der Waals surface area contributed by atoms with Crippen molar-refractivity contribution in [3.8, 4) is 28.6 Å². The topological polar surface area (TPSA) is 99.0 Å². The molecule has 0 aliphatic carbocycles. The number of hydrogen-bond donors (Lipinski definition) is 2. The number of hydrogen-bond acceptors (Lipinski definition) is 6. The van der Waals surface area contributed by atoms with E-state index in [4.69, 9.17) is 18.6 Å². The zero-order valence-electron chi connectivity index (χ0n) is 18.6. The van der Waals surface area contributed by atoms with Crippen LogP contribution in [0.2, 0.25) is 0 Å². The molecule has 1 heterocycles. The summed E-state index contributed by atoms with van der Waals surface area (Å²) >= 11 is 0. The number of carbonyl (C=O) groups is 2. The van der Waals surface area contributed by atoms with Crippen LogP contribution < -0.4 is 25.1 Å². The van der Waals surface area contributed by atoms with Gasteiger partial charge in [0.2, 0.25) is 5.75 Å². The largest absolute Gasteiger partial charge is 0.490 e. The van der Waals surface area contributed by atoms with Gasteiger partial charge < -0.3 is 18.6 Å². The SMILES string of the molecule is CCOc1cc(C(=O)NNC(=O)c2ccc(-c3ccccc3F)o2)cc(OCC)c1OCC. The van der Waals surface area contributed by atoms with Crippen LogP contribution in [-0.2, 0) is 0 Å². The van der Waals surface area contributed by atoms with Crippen molar-refractivity contribution in [3.05, 3.63) is 65.7 Å². The zero-order chi connectivity index (χ0) is 23.8. The highest BCUT2D eigenvalue weighted by Crippen LogP contribution is 2.39. The average Bonchev–Trinajstić information content (AvgIpc) is 3.30. The third-order valence-corrected chi connectivity index (χ3v) is 4.43. The third-order valence-electron chi connectivity index (χ3n) is 4.43. The molecule has 174 valence electrons. The number of hydrazine groups is 1. The summed E-state index contributed by atoms with van der Waals surface area (Å²) in [5, 5.41) is 0. The molecular formula is C24H25FN2O6. The molecule has 8 nitrogen and oxygen atoms in total. The van der Waals surface area contributed by atoms with Crippen molar-refractivity contribution >= 4 is 11.8 Å². The van der Waals surface area contributed by atoms with Crippen LogP contribution >= 0.6 is 0 Å². The Balaban J connectivity index is 1.74. The van der Waals surface area contributed by atoms with E-state index in [0.29, 0.717) is 37.1 Å². The lowest BCUT2D eigenvalue weighted by Crippen LogP contribution is -2.41. The fourth-order valence-electron chi connectivity index (χ4n) is 3.03. The van der Waals surface area contributed by atoms with Gasteiger partial charge in [-0.05, 0) is 57.2 Å². The van der Waals surface area contributed by atoms with Gasteiger partial charge in [-0.15, -0.1) is 0 Å². The van der Waals surface area contributed by atoms with Gasteiger partial charge in [0, 0.05) is 5.56 Å². The molecule has 0 saturated carbocycles. The summed E-state index contributed by atoms with van der Waals surface area (Å²) in [7, 11) is 0. The Hall–Kier alpha value is -4.01. The van der Waals surface area contributed by atoms with Gasteiger partial charge in [-0.2, -0.15) is 0 Å². The van der Waals surface area contributed by atoms with Gasteiger partial charge >= 0.3 is 5.91 Å². The van der Waals surface area contributed by atoms with Gasteiger partial charge in [0.05, 0.1) is 25.4 Å². The van der Waals surface area contributed by atoms with E-state index in [0.717, 1.165) is 0 Å². The highest BCUT2D eigenvalue weighted by molar-refractivity contribution is 5.99. The fourth-order valence-corrected chi connectivity index (χ4v) is 3.03. The molecule has 2 N–H and O–H groups in total. The molecule has 0 atom stereocenters. The Kier molecular flexibility index (Phi) is 7.91. The second-order valence-electron chi connectivity index (χ2n) is 6.65. The van der Waals surface area contributed by atoms with Gasteiger partial charge in [0.25, 0.3) is 5.91 Å². The first-order valence-corrected chi connectivity index (χ1v) is 10.5. The number of carbonyl (C=O) groups excluding carboxylic acids is 2. The monoisotopic (exact) mass is 456 g/mol. The van der Waals surface area contributed by atoms with E-state index in [1.807, 2.05) is 20.8 Å². The van der Waals surface area contributed by atoms with Crippen LogP contribution in [0.3, 0.4) is 0 Å². The number of benzene rings is 2. The predicted octanol–water partition coefficient (Wildman–Crippen LogP) is 4.36. The van der Waals surface area contributed by atoms with Crippen molar-refractivity contribution < 1.29 is 32.6 Å². The molecule has 2 aromatic carbocycles. The molecule has 0 unspecified atom stereocenters. The Morgan fingerprint density at radius 1 is 0.848 bits per heavy atom. The number of rotatable bonds is 9. The van der Waals surface area contributed by atoms with Crippen LogP contribution in [0, 0.1) is 5.82 Å². The Labute approximate surface area is 190 Å². The van der Waals surface area contributed by atoms with Gasteiger partial charge in [0.15, 0.2) is 17.3 Å². The second-order valence-corrected chi connectivity index (χ2v) is 6.65. The van der Waals surface area contributed by atoms with Crippen LogP contribution in [0.1, 0.15) is 41.7 Å². The van der Waals surface area contributed by atoms with E-state index in [9.17, 15) is 14.0 Å². The number of furan rings is 1. The fraction of sp³-hybridized carbons (Fsp3) is 0.250. The van der Waals surface area contributed by atoms with Crippen LogP contribution in [0.4, 0.5) is 4.39 Å². The molecule has 0 saturated heterocycles. The van der Waals surface area contributed by atoms with E-state index in [1.165, 1.54) is 36.4 Å². The second kappa shape index (κ2) is 11.0. The summed E-state index contributed by atoms with van der Waals surface area (Å²) in [5.41, 5.74) is 5.02. The van der Waals surface area contributed by atoms with Gasteiger partial charge in [-0.3, -0.25) is 20.4 Å². The minimum atomic E-state index is -0.702. The van der Waals surface area contributed by atoms with Gasteiger partial charge in [-0.1, -0.05) is 12.1 Å². The first-order valence-electron chi connectivity index (χ1n) is 10.5. The minimum absolute atomic E-state index is 0.0924. The summed E-state index contributed by atoms with van der Waals surface area (Å²) in [6, 6.07) is 11.9. The molecule has 0 aliphatic rings. The number of nitrogens with one attached hydrogen (secondary N) is 2. The summed E-state index contributed by atoms with van der Waals surface area (Å²) in [6.07, 6.45) is 0. The quantitative estimate of drug-likeness (QED) is 0.465. The average molecular weight is 456 g/mol. The molecule has 0 radical (unpaired) electrons. The number of halogens is 1. The Morgan fingerprint density at radius 3 is 2.06 bits per heavy atom. The highest BCUT2D eigenvalue weighted by atomic mass is 19.1. The molecule has 0 aliphatic heterocycles. The zero-order valence-corrected chi connectivity index (χ0v) is 18.6. The maximum atomic E-state index is 13.9. The molecule has 3 rings (SSSR count). The van der Waals surface area contributed by atoms with Crippen LogP contribution in [-0.4, -0.2) is 31.6 Å². The summed E-state index contributed by atoms with van der Waals surface area (Å²) in [5.74, 6) is -0.578. The van der Waals surface area contributed by atoms with E-state index in [-0.39, 0.29) is 22.6 Å². The minimum Gasteiger partial charge on any atom is -0.490 e. The Bertz CT molecular complexity index is 1100. The van der Waals surface area contributed by atoms with Crippen LogP contribution in [0.5, 0.6) is 17.2 Å². The molecular weight excluding hydrogens is 431 g/mol. The molecule has 0 bridgehead atoms. The molecule has 9 heteroatoms. The molecule has 33 heavy (non-hydrogen) atoms. The van der Waals surface area contributed by atoms with Crippen LogP contribution in [0.25, 0.3) is 11.3 Å². The van der Waals surface area contributed by atoms with Gasteiger partial charge in [-0.25, -0.2) is 4.39 Å². The molecule has 3 aromatic rings. The van der Waals surface area contributed by atoms with Crippen LogP contribution in [0.15, 0.2) is 52.9 Å². The molecule has 2 amide bonds. The van der Waals surface area contributed by atoms with Crippen molar-refractivity contribution in [3.63, 3.8) is 0 Å². The number of amides is 2. The maximum Gasteiger partial charge on any atom is 0.305 e. The van der Waals surface area contributed by atoms with Crippen molar-refractivity contribution in [2.75, 3.05) is 19.8 Å². The first kappa shape index (κ1) is 23.6. The van der Waals surface area contributed by atoms with Gasteiger partial charge in [0.1, 0.15) is 11.6 Å². The van der Waals surface area contributed by atoms with Crippen molar-refractivity contribution in [2.24, 2.45) is 0 Å². The lowest BCUT2D eigenvalue weighted by atomic mass is 10.1. The predicted molar refractivity (Wildman–Crippen MR) is 119 cm³/mol. The van der Waals surface area contributed by atoms with Crippen molar-refractivity contribution in [1.82, 2.24) is 10.9 Å². The molecule has 0 spiro atoms. The van der Waals surface area contributed by atoms with Crippen molar-refractivity contribution in [2.45, 2.75) is 20.8 Å². The smallest absolute Gasteiger partial charge is 0.305 e. The summed E-state index contributed by atoms with van der Waals surface area (Å²) < 4.78 is 36.2. The van der Waals surface area contributed by atoms with E-state index in [2.05, 4.69) is 10.9 Å². The first-order chi connectivity index (χ1) is 16.0. The molecule has 0 fully saturated rings. The highest BCUT2D eigenvalue weighted by Gasteiger charge is 2.20. The number of ether oxygens (including phenoxy) is 3. The summed E-state index contributed by atoms with van der Waals surface area (Å²) in [6.45, 7) is 6.55. The standard InChI is InChI=1S/C24H25FN2O6/c1-4-30-20-13-15(14-21(31-5-2)22(20)32-6-3)23(28)26-27-24(29)19-12-11-18(33-19)16-9-7-8-10-17(16)25/h7-14H,4-6H2,1-3H3,(H,26,28)(H,27,29). The lowest BCUT2D eigenvalue weighted by molar-refractivity contribution is 0.0831. The van der Waals surface area contributed by atoms with E-state index < -0.39 is 17.6 Å². The van der Waals surface area contributed by atoms with Crippen molar-refractivity contribution in [1.29, 1.82) is 0 Å². The molecule has 1 aromatic heterocycles. The maximum absolute atomic E-state index is 13.9. The van der Waals surface area contributed by atoms with E-state index >= 15 is 0 Å². The summed E-state index contributed by atoms with van der Waals surface area (Å²) in [4.78, 5) is 25.1. The lowest BCUT2D eigenvalue weighted by Gasteiger charge is -2.17.